The van der Waals surface area contributed by atoms with Gasteiger partial charge >= 0.3 is 0 Å². The third kappa shape index (κ3) is 1.44. The molecule has 1 saturated carbocycles. The first-order valence-electron chi connectivity index (χ1n) is 3.58. The number of hydrogen-bond acceptors (Lipinski definition) is 2. The van der Waals surface area contributed by atoms with Crippen LogP contribution in [0.2, 0.25) is 0 Å². The van der Waals surface area contributed by atoms with Crippen LogP contribution in [0.1, 0.15) is 13.3 Å². The fourth-order valence-electron chi connectivity index (χ4n) is 1.16. The molecule has 2 nitrogen and oxygen atoms in total. The number of ether oxygens (including phenoxy) is 2. The molecule has 3 heteroatoms. The lowest BCUT2D eigenvalue weighted by Crippen LogP contribution is -2.50. The Bertz CT molecular complexity index is 108. The first-order chi connectivity index (χ1) is 4.79. The van der Waals surface area contributed by atoms with Crippen molar-refractivity contribution in [1.29, 1.82) is 0 Å². The molecule has 1 aliphatic rings. The second-order valence-corrected chi connectivity index (χ2v) is 3.01. The van der Waals surface area contributed by atoms with Crippen molar-refractivity contribution in [2.45, 2.75) is 30.9 Å². The zero-order chi connectivity index (χ0) is 7.56. The van der Waals surface area contributed by atoms with Crippen molar-refractivity contribution >= 4 is 11.6 Å². The number of rotatable bonds is 3. The predicted molar refractivity (Wildman–Crippen MR) is 40.5 cm³/mol. The second kappa shape index (κ2) is 3.56. The van der Waals surface area contributed by atoms with Crippen LogP contribution < -0.4 is 0 Å². The molecule has 0 saturated heterocycles. The van der Waals surface area contributed by atoms with Gasteiger partial charge in [-0.25, -0.2) is 0 Å². The number of alkyl halides is 1. The summed E-state index contributed by atoms with van der Waals surface area (Å²) in [4.78, 5) is 0. The Kier molecular flexibility index (Phi) is 2.96. The molecule has 0 amide bonds. The maximum Gasteiger partial charge on any atom is 0.100 e. The van der Waals surface area contributed by atoms with Gasteiger partial charge < -0.3 is 9.47 Å². The van der Waals surface area contributed by atoms with Crippen LogP contribution in [0.4, 0.5) is 0 Å². The highest BCUT2D eigenvalue weighted by Gasteiger charge is 2.40. The summed E-state index contributed by atoms with van der Waals surface area (Å²) in [6.45, 7) is 2.68. The fourth-order valence-corrected chi connectivity index (χ4v) is 1.57. The highest BCUT2D eigenvalue weighted by atomic mass is 35.5. The van der Waals surface area contributed by atoms with Gasteiger partial charge in [-0.05, 0) is 13.3 Å². The van der Waals surface area contributed by atoms with Crippen molar-refractivity contribution in [2.24, 2.45) is 0 Å². The van der Waals surface area contributed by atoms with E-state index >= 15 is 0 Å². The molecule has 0 aromatic heterocycles. The number of methoxy groups -OCH3 is 1. The van der Waals surface area contributed by atoms with Crippen molar-refractivity contribution in [1.82, 2.24) is 0 Å². The van der Waals surface area contributed by atoms with E-state index in [9.17, 15) is 0 Å². The van der Waals surface area contributed by atoms with Crippen LogP contribution in [-0.2, 0) is 9.47 Å². The average Bonchev–Trinajstić information content (AvgIpc) is 1.95. The molecular weight excluding hydrogens is 152 g/mol. The van der Waals surface area contributed by atoms with Gasteiger partial charge in [-0.15, -0.1) is 11.6 Å². The monoisotopic (exact) mass is 164 g/mol. The molecule has 60 valence electrons. The molecule has 1 aliphatic carbocycles. The van der Waals surface area contributed by atoms with Gasteiger partial charge in [0.05, 0.1) is 11.5 Å². The smallest absolute Gasteiger partial charge is 0.100 e. The molecule has 0 N–H and O–H groups in total. The van der Waals surface area contributed by atoms with Crippen LogP contribution in [0.5, 0.6) is 0 Å². The van der Waals surface area contributed by atoms with E-state index in [2.05, 4.69) is 0 Å². The average molecular weight is 165 g/mol. The lowest BCUT2D eigenvalue weighted by atomic mass is 9.91. The second-order valence-electron chi connectivity index (χ2n) is 2.45. The van der Waals surface area contributed by atoms with Gasteiger partial charge in [0.2, 0.25) is 0 Å². The minimum absolute atomic E-state index is 0.122. The molecule has 3 unspecified atom stereocenters. The summed E-state index contributed by atoms with van der Waals surface area (Å²) in [5, 5.41) is 0.157. The maximum atomic E-state index is 5.86. The lowest BCUT2D eigenvalue weighted by molar-refractivity contribution is -0.106. The molecule has 1 rings (SSSR count). The normalized spacial score (nSPS) is 39.3. The highest BCUT2D eigenvalue weighted by Crippen LogP contribution is 2.31. The molecular formula is C7H13ClO2. The molecule has 0 aromatic carbocycles. The van der Waals surface area contributed by atoms with Gasteiger partial charge in [-0.1, -0.05) is 0 Å². The van der Waals surface area contributed by atoms with Gasteiger partial charge in [-0.3, -0.25) is 0 Å². The van der Waals surface area contributed by atoms with E-state index in [0.717, 1.165) is 6.42 Å². The molecule has 10 heavy (non-hydrogen) atoms. The standard InChI is InChI=1S/C7H13ClO2/c1-3-10-7-5(8)4-6(7)9-2/h5-7H,3-4H2,1-2H3. The topological polar surface area (TPSA) is 18.5 Å². The van der Waals surface area contributed by atoms with E-state index in [0.29, 0.717) is 6.61 Å². The van der Waals surface area contributed by atoms with Crippen LogP contribution in [-0.4, -0.2) is 31.3 Å². The third-order valence-electron chi connectivity index (χ3n) is 1.84. The third-order valence-corrected chi connectivity index (χ3v) is 2.27. The summed E-state index contributed by atoms with van der Waals surface area (Å²) in [5.41, 5.74) is 0. The van der Waals surface area contributed by atoms with E-state index in [1.54, 1.807) is 7.11 Å². The molecule has 0 aliphatic heterocycles. The fraction of sp³-hybridized carbons (Fsp3) is 1.00. The largest absolute Gasteiger partial charge is 0.379 e. The quantitative estimate of drug-likeness (QED) is 0.588. The lowest BCUT2D eigenvalue weighted by Gasteiger charge is -2.39. The Labute approximate surface area is 66.5 Å². The number of halogens is 1. The summed E-state index contributed by atoms with van der Waals surface area (Å²) < 4.78 is 10.4. The Morgan fingerprint density at radius 3 is 2.70 bits per heavy atom. The zero-order valence-corrected chi connectivity index (χ0v) is 7.10. The summed E-state index contributed by atoms with van der Waals surface area (Å²) in [6.07, 6.45) is 1.27. The van der Waals surface area contributed by atoms with Crippen molar-refractivity contribution in [2.75, 3.05) is 13.7 Å². The number of hydrogen-bond donors (Lipinski definition) is 0. The molecule has 1 fully saturated rings. The summed E-state index contributed by atoms with van der Waals surface area (Å²) in [7, 11) is 1.69. The Morgan fingerprint density at radius 2 is 2.30 bits per heavy atom. The van der Waals surface area contributed by atoms with Gasteiger partial charge in [-0.2, -0.15) is 0 Å². The van der Waals surface area contributed by atoms with E-state index in [4.69, 9.17) is 21.1 Å². The minimum Gasteiger partial charge on any atom is -0.379 e. The van der Waals surface area contributed by atoms with Crippen molar-refractivity contribution < 1.29 is 9.47 Å². The highest BCUT2D eigenvalue weighted by molar-refractivity contribution is 6.21. The van der Waals surface area contributed by atoms with E-state index in [1.165, 1.54) is 0 Å². The van der Waals surface area contributed by atoms with Crippen molar-refractivity contribution in [3.05, 3.63) is 0 Å². The molecule has 0 aromatic rings. The first-order valence-corrected chi connectivity index (χ1v) is 4.01. The van der Waals surface area contributed by atoms with Gasteiger partial charge in [0.25, 0.3) is 0 Å². The van der Waals surface area contributed by atoms with Crippen LogP contribution in [0.3, 0.4) is 0 Å². The summed E-state index contributed by atoms with van der Waals surface area (Å²) in [6, 6.07) is 0. The van der Waals surface area contributed by atoms with Crippen LogP contribution in [0.25, 0.3) is 0 Å². The predicted octanol–water partition coefficient (Wildman–Crippen LogP) is 1.42. The van der Waals surface area contributed by atoms with Crippen molar-refractivity contribution in [3.63, 3.8) is 0 Å². The molecule has 0 spiro atoms. The summed E-state index contributed by atoms with van der Waals surface area (Å²) in [5.74, 6) is 0. The first kappa shape index (κ1) is 8.31. The van der Waals surface area contributed by atoms with Crippen LogP contribution in [0.15, 0.2) is 0 Å². The van der Waals surface area contributed by atoms with Crippen LogP contribution in [0, 0.1) is 0 Å². The molecule has 3 atom stereocenters. The maximum absolute atomic E-state index is 5.86. The Balaban J connectivity index is 2.25. The van der Waals surface area contributed by atoms with Gasteiger partial charge in [0.1, 0.15) is 6.10 Å². The van der Waals surface area contributed by atoms with E-state index < -0.39 is 0 Å². The molecule has 0 bridgehead atoms. The van der Waals surface area contributed by atoms with E-state index in [1.807, 2.05) is 6.92 Å². The molecule has 0 radical (unpaired) electrons. The molecule has 0 heterocycles. The van der Waals surface area contributed by atoms with E-state index in [-0.39, 0.29) is 17.6 Å². The SMILES string of the molecule is CCOC1C(Cl)CC1OC. The summed E-state index contributed by atoms with van der Waals surface area (Å²) >= 11 is 5.86. The Morgan fingerprint density at radius 1 is 1.60 bits per heavy atom. The van der Waals surface area contributed by atoms with Crippen molar-refractivity contribution in [3.8, 4) is 0 Å². The Hall–Kier alpha value is 0.210. The van der Waals surface area contributed by atoms with Gasteiger partial charge in [0.15, 0.2) is 0 Å². The minimum atomic E-state index is 0.122. The van der Waals surface area contributed by atoms with Crippen LogP contribution >= 0.6 is 11.6 Å². The zero-order valence-electron chi connectivity index (χ0n) is 6.34. The van der Waals surface area contributed by atoms with Gasteiger partial charge in [0, 0.05) is 13.7 Å².